The van der Waals surface area contributed by atoms with Gasteiger partial charge in [0, 0.05) is 23.7 Å². The molecule has 0 radical (unpaired) electrons. The number of ether oxygens (including phenoxy) is 1. The quantitative estimate of drug-likeness (QED) is 0.262. The van der Waals surface area contributed by atoms with E-state index in [4.69, 9.17) is 10.00 Å². The number of benzene rings is 3. The fraction of sp³-hybridized carbons (Fsp3) is 0.125. The third-order valence-corrected chi connectivity index (χ3v) is 6.43. The highest BCUT2D eigenvalue weighted by atomic mass is 32.2. The molecule has 1 N–H and O–H groups in total. The van der Waals surface area contributed by atoms with Crippen LogP contribution < -0.4 is 4.72 Å². The predicted molar refractivity (Wildman–Crippen MR) is 120 cm³/mol. The van der Waals surface area contributed by atoms with Crippen LogP contribution in [0.2, 0.25) is 0 Å². The van der Waals surface area contributed by atoms with Gasteiger partial charge in [0.25, 0.3) is 0 Å². The lowest BCUT2D eigenvalue weighted by Crippen LogP contribution is -2.24. The fourth-order valence-electron chi connectivity index (χ4n) is 3.40. The number of rotatable bonds is 7. The molecule has 0 atom stereocenters. The summed E-state index contributed by atoms with van der Waals surface area (Å²) in [6.45, 7) is 0.00921. The Hall–Kier alpha value is -3.80. The Kier molecular flexibility index (Phi) is 6.12. The van der Waals surface area contributed by atoms with Gasteiger partial charge in [0.2, 0.25) is 10.0 Å². The van der Waals surface area contributed by atoms with Crippen LogP contribution in [0.5, 0.6) is 0 Å². The fourth-order valence-corrected chi connectivity index (χ4v) is 4.43. The molecular formula is C24H19N3O4S. The van der Waals surface area contributed by atoms with Crippen molar-refractivity contribution in [3.05, 3.63) is 84.1 Å². The van der Waals surface area contributed by atoms with Crippen molar-refractivity contribution in [2.24, 2.45) is 0 Å². The average Bonchev–Trinajstić information content (AvgIpc) is 2.82. The Bertz CT molecular complexity index is 1440. The topological polar surface area (TPSA) is 109 Å². The van der Waals surface area contributed by atoms with E-state index in [2.05, 4.69) is 9.71 Å². The molecule has 0 aliphatic rings. The van der Waals surface area contributed by atoms with Crippen LogP contribution in [0, 0.1) is 11.3 Å². The minimum atomic E-state index is -3.74. The van der Waals surface area contributed by atoms with E-state index in [1.165, 1.54) is 24.3 Å². The number of esters is 1. The van der Waals surface area contributed by atoms with Gasteiger partial charge in [0.15, 0.2) is 0 Å². The minimum absolute atomic E-state index is 0.00850. The Balaban J connectivity index is 1.52. The maximum Gasteiger partial charge on any atom is 0.338 e. The monoisotopic (exact) mass is 445 g/mol. The highest BCUT2D eigenvalue weighted by molar-refractivity contribution is 7.89. The SMILES string of the molecule is N#CCCNS(=O)(=O)c1ccc(C(=O)OCc2nc3ccccc3c3ccccc23)cc1. The molecule has 7 nitrogen and oxygen atoms in total. The zero-order valence-electron chi connectivity index (χ0n) is 17.0. The van der Waals surface area contributed by atoms with Crippen LogP contribution in [-0.2, 0) is 21.4 Å². The summed E-state index contributed by atoms with van der Waals surface area (Å²) in [5, 5.41) is 11.5. The summed E-state index contributed by atoms with van der Waals surface area (Å²) in [6, 6.07) is 22.9. The molecule has 0 bridgehead atoms. The summed E-state index contributed by atoms with van der Waals surface area (Å²) in [4.78, 5) is 17.2. The van der Waals surface area contributed by atoms with E-state index in [1.807, 2.05) is 54.6 Å². The number of hydrogen-bond donors (Lipinski definition) is 1. The minimum Gasteiger partial charge on any atom is -0.456 e. The van der Waals surface area contributed by atoms with Gasteiger partial charge in [-0.1, -0.05) is 42.5 Å². The first-order valence-corrected chi connectivity index (χ1v) is 11.4. The lowest BCUT2D eigenvalue weighted by Gasteiger charge is -2.11. The molecule has 0 saturated carbocycles. The summed E-state index contributed by atoms with van der Waals surface area (Å²) in [5.74, 6) is -0.578. The molecule has 0 amide bonds. The zero-order valence-corrected chi connectivity index (χ0v) is 17.8. The molecular weight excluding hydrogens is 426 g/mol. The molecule has 160 valence electrons. The van der Waals surface area contributed by atoms with E-state index >= 15 is 0 Å². The molecule has 0 saturated heterocycles. The molecule has 1 aromatic heterocycles. The lowest BCUT2D eigenvalue weighted by atomic mass is 10.0. The van der Waals surface area contributed by atoms with Gasteiger partial charge in [0.1, 0.15) is 6.61 Å². The lowest BCUT2D eigenvalue weighted by molar-refractivity contribution is 0.0470. The number of carbonyl (C=O) groups excluding carboxylic acids is 1. The number of para-hydroxylation sites is 1. The van der Waals surface area contributed by atoms with Gasteiger partial charge in [-0.15, -0.1) is 0 Å². The summed E-state index contributed by atoms with van der Waals surface area (Å²) in [5.41, 5.74) is 1.69. The summed E-state index contributed by atoms with van der Waals surface area (Å²) in [6.07, 6.45) is 0.0706. The van der Waals surface area contributed by atoms with Crippen LogP contribution in [0.25, 0.3) is 21.7 Å². The maximum absolute atomic E-state index is 12.5. The van der Waals surface area contributed by atoms with Crippen LogP contribution in [0.4, 0.5) is 0 Å². The normalized spacial score (nSPS) is 11.3. The smallest absolute Gasteiger partial charge is 0.338 e. The van der Waals surface area contributed by atoms with Gasteiger partial charge >= 0.3 is 5.97 Å². The van der Waals surface area contributed by atoms with Gasteiger partial charge in [-0.25, -0.2) is 22.9 Å². The molecule has 32 heavy (non-hydrogen) atoms. The van der Waals surface area contributed by atoms with E-state index in [0.717, 1.165) is 21.7 Å². The third kappa shape index (κ3) is 4.44. The number of aromatic nitrogens is 1. The van der Waals surface area contributed by atoms with E-state index in [1.54, 1.807) is 0 Å². The van der Waals surface area contributed by atoms with Gasteiger partial charge in [0.05, 0.1) is 27.7 Å². The molecule has 0 aliphatic carbocycles. The molecule has 4 rings (SSSR count). The largest absolute Gasteiger partial charge is 0.456 e. The Morgan fingerprint density at radius 3 is 2.31 bits per heavy atom. The van der Waals surface area contributed by atoms with Gasteiger partial charge in [-0.2, -0.15) is 5.26 Å². The van der Waals surface area contributed by atoms with Crippen LogP contribution in [0.15, 0.2) is 77.7 Å². The second-order valence-electron chi connectivity index (χ2n) is 7.03. The zero-order chi connectivity index (χ0) is 22.6. The first-order valence-electron chi connectivity index (χ1n) is 9.90. The Morgan fingerprint density at radius 1 is 0.938 bits per heavy atom. The van der Waals surface area contributed by atoms with Crippen molar-refractivity contribution < 1.29 is 17.9 Å². The Labute approximate surface area is 185 Å². The van der Waals surface area contributed by atoms with Gasteiger partial charge < -0.3 is 4.74 Å². The average molecular weight is 446 g/mol. The number of nitrogens with zero attached hydrogens (tertiary/aromatic N) is 2. The van der Waals surface area contributed by atoms with Crippen LogP contribution in [-0.4, -0.2) is 25.9 Å². The van der Waals surface area contributed by atoms with Crippen LogP contribution in [0.3, 0.4) is 0 Å². The van der Waals surface area contributed by atoms with E-state index in [-0.39, 0.29) is 30.0 Å². The highest BCUT2D eigenvalue weighted by Gasteiger charge is 2.16. The van der Waals surface area contributed by atoms with Crippen molar-refractivity contribution in [1.82, 2.24) is 9.71 Å². The number of fused-ring (bicyclic) bond motifs is 3. The van der Waals surface area contributed by atoms with Crippen molar-refractivity contribution in [2.75, 3.05) is 6.54 Å². The molecule has 3 aromatic carbocycles. The molecule has 8 heteroatoms. The summed E-state index contributed by atoms with van der Waals surface area (Å²) < 4.78 is 32.2. The molecule has 0 spiro atoms. The number of sulfonamides is 1. The maximum atomic E-state index is 12.5. The summed E-state index contributed by atoms with van der Waals surface area (Å²) >= 11 is 0. The van der Waals surface area contributed by atoms with Crippen LogP contribution in [0.1, 0.15) is 22.5 Å². The first-order chi connectivity index (χ1) is 15.5. The second kappa shape index (κ2) is 9.14. The van der Waals surface area contributed by atoms with Crippen molar-refractivity contribution in [3.8, 4) is 6.07 Å². The molecule has 1 heterocycles. The second-order valence-corrected chi connectivity index (χ2v) is 8.79. The van der Waals surface area contributed by atoms with Crippen molar-refractivity contribution in [2.45, 2.75) is 17.9 Å². The van der Waals surface area contributed by atoms with E-state index in [0.29, 0.717) is 5.69 Å². The van der Waals surface area contributed by atoms with E-state index in [9.17, 15) is 13.2 Å². The predicted octanol–water partition coefficient (Wildman–Crippen LogP) is 3.94. The first kappa shape index (κ1) is 21.4. The Morgan fingerprint density at radius 2 is 1.59 bits per heavy atom. The molecule has 0 fully saturated rings. The van der Waals surface area contributed by atoms with Crippen molar-refractivity contribution in [3.63, 3.8) is 0 Å². The number of nitriles is 1. The summed E-state index contributed by atoms with van der Waals surface area (Å²) in [7, 11) is -3.74. The van der Waals surface area contributed by atoms with Gasteiger partial charge in [-0.3, -0.25) is 0 Å². The van der Waals surface area contributed by atoms with Gasteiger partial charge in [-0.05, 0) is 35.7 Å². The molecule has 0 aliphatic heterocycles. The number of hydrogen-bond acceptors (Lipinski definition) is 6. The standard InChI is InChI=1S/C24H19N3O4S/c25-14-5-15-26-32(29,30)18-12-10-17(11-13-18)24(28)31-16-23-21-8-2-1-6-19(21)20-7-3-4-9-22(20)27-23/h1-4,6-13,26H,5,15-16H2. The van der Waals surface area contributed by atoms with Crippen LogP contribution >= 0.6 is 0 Å². The number of pyridine rings is 1. The molecule has 0 unspecified atom stereocenters. The number of carbonyl (C=O) groups is 1. The van der Waals surface area contributed by atoms with Crippen molar-refractivity contribution >= 4 is 37.7 Å². The highest BCUT2D eigenvalue weighted by Crippen LogP contribution is 2.26. The molecule has 4 aromatic rings. The third-order valence-electron chi connectivity index (χ3n) is 4.96. The number of nitrogens with one attached hydrogen (secondary N) is 1. The van der Waals surface area contributed by atoms with E-state index < -0.39 is 16.0 Å². The van der Waals surface area contributed by atoms with Crippen molar-refractivity contribution in [1.29, 1.82) is 5.26 Å².